The Morgan fingerprint density at radius 2 is 2.17 bits per heavy atom. The van der Waals surface area contributed by atoms with E-state index >= 15 is 0 Å². The first-order chi connectivity index (χ1) is 8.75. The monoisotopic (exact) mass is 257 g/mol. The summed E-state index contributed by atoms with van der Waals surface area (Å²) in [4.78, 5) is 13.0. The quantitative estimate of drug-likeness (QED) is 0.877. The molecule has 0 radical (unpaired) electrons. The molecule has 2 nitrogen and oxygen atoms in total. The van der Waals surface area contributed by atoms with Crippen LogP contribution in [0.25, 0.3) is 0 Å². The molecular weight excluding hydrogens is 242 g/mol. The van der Waals surface area contributed by atoms with Gasteiger partial charge in [-0.25, -0.2) is 0 Å². The van der Waals surface area contributed by atoms with E-state index in [4.69, 9.17) is 0 Å². The predicted octanol–water partition coefficient (Wildman–Crippen LogP) is 3.47. The number of rotatable bonds is 2. The third-order valence-electron chi connectivity index (χ3n) is 3.51. The van der Waals surface area contributed by atoms with Gasteiger partial charge >= 0.3 is 0 Å². The third kappa shape index (κ3) is 1.95. The molecule has 1 aromatic carbocycles. The zero-order valence-electron chi connectivity index (χ0n) is 10.3. The molecule has 18 heavy (non-hydrogen) atoms. The lowest BCUT2D eigenvalue weighted by atomic mass is 10.1. The number of carbonyl (C=O) groups is 1. The highest BCUT2D eigenvalue weighted by Crippen LogP contribution is 2.31. The van der Waals surface area contributed by atoms with Gasteiger partial charge < -0.3 is 5.32 Å². The highest BCUT2D eigenvalue weighted by atomic mass is 32.1. The minimum atomic E-state index is 0.0594. The second-order valence-corrected chi connectivity index (χ2v) is 5.61. The average Bonchev–Trinajstić information content (AvgIpc) is 2.97. The van der Waals surface area contributed by atoms with Crippen LogP contribution >= 0.6 is 11.3 Å². The van der Waals surface area contributed by atoms with E-state index in [-0.39, 0.29) is 11.9 Å². The van der Waals surface area contributed by atoms with Crippen molar-refractivity contribution in [1.29, 1.82) is 0 Å². The molecule has 0 saturated carbocycles. The highest BCUT2D eigenvalue weighted by molar-refractivity contribution is 7.12. The lowest BCUT2D eigenvalue weighted by Crippen LogP contribution is -2.26. The zero-order chi connectivity index (χ0) is 12.5. The van der Waals surface area contributed by atoms with Gasteiger partial charge in [-0.05, 0) is 47.9 Å². The van der Waals surface area contributed by atoms with E-state index in [1.807, 2.05) is 24.4 Å². The molecule has 1 aromatic heterocycles. The Bertz CT molecular complexity index is 588. The van der Waals surface area contributed by atoms with Crippen molar-refractivity contribution in [2.75, 3.05) is 0 Å². The molecule has 1 unspecified atom stereocenters. The van der Waals surface area contributed by atoms with Crippen molar-refractivity contribution in [2.45, 2.75) is 25.8 Å². The number of aryl methyl sites for hydroxylation is 2. The van der Waals surface area contributed by atoms with Gasteiger partial charge in [0.25, 0.3) is 5.91 Å². The topological polar surface area (TPSA) is 29.1 Å². The summed E-state index contributed by atoms with van der Waals surface area (Å²) in [7, 11) is 0. The van der Waals surface area contributed by atoms with Crippen molar-refractivity contribution >= 4 is 17.2 Å². The second-order valence-electron chi connectivity index (χ2n) is 4.70. The molecule has 0 aliphatic heterocycles. The fraction of sp³-hybridized carbons (Fsp3) is 0.267. The number of benzene rings is 1. The summed E-state index contributed by atoms with van der Waals surface area (Å²) in [5, 5.41) is 5.11. The zero-order valence-corrected chi connectivity index (χ0v) is 11.1. The number of hydrogen-bond acceptors (Lipinski definition) is 2. The van der Waals surface area contributed by atoms with Crippen LogP contribution in [-0.2, 0) is 6.42 Å². The lowest BCUT2D eigenvalue weighted by molar-refractivity contribution is 0.0940. The molecule has 2 aromatic rings. The number of carbonyl (C=O) groups excluding carboxylic acids is 1. The molecular formula is C15H15NOS. The number of thiophene rings is 1. The Hall–Kier alpha value is -1.61. The van der Waals surface area contributed by atoms with Crippen LogP contribution in [0.4, 0.5) is 0 Å². The van der Waals surface area contributed by atoms with E-state index in [0.717, 1.165) is 23.3 Å². The summed E-state index contributed by atoms with van der Waals surface area (Å²) in [5.41, 5.74) is 3.70. The molecule has 1 aliphatic carbocycles. The van der Waals surface area contributed by atoms with E-state index in [2.05, 4.69) is 23.5 Å². The standard InChI is InChI=1S/C15H15NOS/c1-10-8-9-18-14(10)15(17)16-13-7-6-11-4-2-3-5-12(11)13/h2-5,8-9,13H,6-7H2,1H3,(H,16,17). The maximum atomic E-state index is 12.2. The van der Waals surface area contributed by atoms with Crippen molar-refractivity contribution in [3.63, 3.8) is 0 Å². The summed E-state index contributed by atoms with van der Waals surface area (Å²) < 4.78 is 0. The summed E-state index contributed by atoms with van der Waals surface area (Å²) >= 11 is 1.51. The van der Waals surface area contributed by atoms with Crippen LogP contribution in [-0.4, -0.2) is 5.91 Å². The molecule has 0 spiro atoms. The smallest absolute Gasteiger partial charge is 0.262 e. The Morgan fingerprint density at radius 3 is 2.94 bits per heavy atom. The van der Waals surface area contributed by atoms with Gasteiger partial charge in [0.05, 0.1) is 10.9 Å². The largest absolute Gasteiger partial charge is 0.345 e. The van der Waals surface area contributed by atoms with Crippen LogP contribution < -0.4 is 5.32 Å². The normalized spacial score (nSPS) is 17.5. The van der Waals surface area contributed by atoms with Gasteiger partial charge in [0.15, 0.2) is 0 Å². The molecule has 3 heteroatoms. The van der Waals surface area contributed by atoms with Gasteiger partial charge in [0, 0.05) is 0 Å². The van der Waals surface area contributed by atoms with Gasteiger partial charge in [-0.15, -0.1) is 11.3 Å². The van der Waals surface area contributed by atoms with Crippen molar-refractivity contribution < 1.29 is 4.79 Å². The number of nitrogens with one attached hydrogen (secondary N) is 1. The number of amides is 1. The van der Waals surface area contributed by atoms with Crippen LogP contribution in [0.1, 0.15) is 38.8 Å². The molecule has 1 heterocycles. The van der Waals surface area contributed by atoms with Crippen LogP contribution in [0.15, 0.2) is 35.7 Å². The van der Waals surface area contributed by atoms with Crippen molar-refractivity contribution in [2.24, 2.45) is 0 Å². The fourth-order valence-corrected chi connectivity index (χ4v) is 3.36. The van der Waals surface area contributed by atoms with Crippen molar-refractivity contribution in [3.8, 4) is 0 Å². The van der Waals surface area contributed by atoms with E-state index < -0.39 is 0 Å². The molecule has 1 aliphatic rings. The van der Waals surface area contributed by atoms with E-state index in [1.54, 1.807) is 0 Å². The second kappa shape index (κ2) is 4.58. The van der Waals surface area contributed by atoms with E-state index in [0.29, 0.717) is 0 Å². The van der Waals surface area contributed by atoms with Crippen molar-refractivity contribution in [1.82, 2.24) is 5.32 Å². The van der Waals surface area contributed by atoms with Crippen LogP contribution in [0.3, 0.4) is 0 Å². The predicted molar refractivity (Wildman–Crippen MR) is 74.0 cm³/mol. The summed E-state index contributed by atoms with van der Waals surface area (Å²) in [5.74, 6) is 0.0594. The lowest BCUT2D eigenvalue weighted by Gasteiger charge is -2.13. The van der Waals surface area contributed by atoms with Gasteiger partial charge in [0.1, 0.15) is 0 Å². The average molecular weight is 257 g/mol. The molecule has 0 bridgehead atoms. The molecule has 0 fully saturated rings. The highest BCUT2D eigenvalue weighted by Gasteiger charge is 2.24. The Balaban J connectivity index is 1.79. The Labute approximate surface area is 111 Å². The summed E-state index contributed by atoms with van der Waals surface area (Å²) in [6.07, 6.45) is 2.07. The van der Waals surface area contributed by atoms with Crippen LogP contribution in [0.2, 0.25) is 0 Å². The molecule has 92 valence electrons. The first-order valence-corrected chi connectivity index (χ1v) is 7.06. The van der Waals surface area contributed by atoms with Crippen molar-refractivity contribution in [3.05, 3.63) is 57.3 Å². The Kier molecular flexibility index (Phi) is 2.92. The molecule has 1 atom stereocenters. The first-order valence-electron chi connectivity index (χ1n) is 6.18. The number of fused-ring (bicyclic) bond motifs is 1. The van der Waals surface area contributed by atoms with Gasteiger partial charge in [-0.2, -0.15) is 0 Å². The maximum Gasteiger partial charge on any atom is 0.262 e. The van der Waals surface area contributed by atoms with E-state index in [9.17, 15) is 4.79 Å². The maximum absolute atomic E-state index is 12.2. The summed E-state index contributed by atoms with van der Waals surface area (Å²) in [6.45, 7) is 1.98. The molecule has 1 amide bonds. The van der Waals surface area contributed by atoms with Gasteiger partial charge in [-0.1, -0.05) is 24.3 Å². The van der Waals surface area contributed by atoms with Crippen LogP contribution in [0.5, 0.6) is 0 Å². The minimum Gasteiger partial charge on any atom is -0.345 e. The van der Waals surface area contributed by atoms with E-state index in [1.165, 1.54) is 22.5 Å². The molecule has 3 rings (SSSR count). The summed E-state index contributed by atoms with van der Waals surface area (Å²) in [6, 6.07) is 10.5. The molecule has 1 N–H and O–H groups in total. The van der Waals surface area contributed by atoms with Crippen LogP contribution in [0, 0.1) is 6.92 Å². The molecule has 0 saturated heterocycles. The minimum absolute atomic E-state index is 0.0594. The van der Waals surface area contributed by atoms with Gasteiger partial charge in [-0.3, -0.25) is 4.79 Å². The number of hydrogen-bond donors (Lipinski definition) is 1. The van der Waals surface area contributed by atoms with Gasteiger partial charge in [0.2, 0.25) is 0 Å². The SMILES string of the molecule is Cc1ccsc1C(=O)NC1CCc2ccccc21. The Morgan fingerprint density at radius 1 is 1.33 bits per heavy atom. The third-order valence-corrected chi connectivity index (χ3v) is 4.52. The fourth-order valence-electron chi connectivity index (χ4n) is 2.54. The first kappa shape index (κ1) is 11.5.